The molecule has 0 bridgehead atoms. The van der Waals surface area contributed by atoms with Crippen molar-refractivity contribution in [1.29, 1.82) is 0 Å². The Kier molecular flexibility index (Phi) is 5.32. The van der Waals surface area contributed by atoms with E-state index in [1.807, 2.05) is 4.90 Å². The molecule has 1 atom stereocenters. The molecule has 0 aliphatic carbocycles. The predicted octanol–water partition coefficient (Wildman–Crippen LogP) is 1.71. The van der Waals surface area contributed by atoms with Crippen molar-refractivity contribution >= 4 is 23.6 Å². The molecule has 0 spiro atoms. The van der Waals surface area contributed by atoms with Crippen LogP contribution in [0.1, 0.15) is 30.1 Å². The lowest BCUT2D eigenvalue weighted by molar-refractivity contribution is -0.130. The maximum absolute atomic E-state index is 12.4. The minimum absolute atomic E-state index is 0.0901. The van der Waals surface area contributed by atoms with E-state index in [0.29, 0.717) is 16.8 Å². The van der Waals surface area contributed by atoms with Crippen molar-refractivity contribution in [3.05, 3.63) is 29.8 Å². The second-order valence-electron chi connectivity index (χ2n) is 6.10. The highest BCUT2D eigenvalue weighted by Crippen LogP contribution is 2.21. The van der Waals surface area contributed by atoms with Crippen LogP contribution in [0.5, 0.6) is 0 Å². The number of hydrogen-bond acceptors (Lipinski definition) is 6. The number of piperidine rings is 1. The van der Waals surface area contributed by atoms with Crippen LogP contribution in [0.15, 0.2) is 29.4 Å². The highest BCUT2D eigenvalue weighted by Gasteiger charge is 2.21. The van der Waals surface area contributed by atoms with Crippen LogP contribution in [0.4, 0.5) is 0 Å². The molecule has 1 aliphatic rings. The van der Waals surface area contributed by atoms with Crippen LogP contribution in [0.2, 0.25) is 0 Å². The van der Waals surface area contributed by atoms with E-state index < -0.39 is 5.97 Å². The third kappa shape index (κ3) is 4.16. The van der Waals surface area contributed by atoms with Crippen LogP contribution in [-0.4, -0.2) is 60.9 Å². The molecular formula is C16H19N5O3S. The van der Waals surface area contributed by atoms with Crippen molar-refractivity contribution in [2.24, 2.45) is 5.92 Å². The van der Waals surface area contributed by atoms with Crippen LogP contribution in [-0.2, 0) is 4.79 Å². The molecule has 0 radical (unpaired) electrons. The number of carbonyl (C=O) groups is 2. The number of hydrogen-bond donors (Lipinski definition) is 1. The zero-order valence-corrected chi connectivity index (χ0v) is 14.6. The van der Waals surface area contributed by atoms with Crippen molar-refractivity contribution < 1.29 is 14.7 Å². The number of aromatic carboxylic acids is 1. The summed E-state index contributed by atoms with van der Waals surface area (Å²) in [5, 5.41) is 21.0. The quantitative estimate of drug-likeness (QED) is 0.809. The van der Waals surface area contributed by atoms with Gasteiger partial charge in [-0.1, -0.05) is 18.7 Å². The number of thioether (sulfide) groups is 1. The van der Waals surface area contributed by atoms with Gasteiger partial charge in [0, 0.05) is 13.1 Å². The summed E-state index contributed by atoms with van der Waals surface area (Å²) in [4.78, 5) is 25.2. The van der Waals surface area contributed by atoms with E-state index in [4.69, 9.17) is 5.11 Å². The minimum atomic E-state index is -0.987. The monoisotopic (exact) mass is 361 g/mol. The summed E-state index contributed by atoms with van der Waals surface area (Å²) in [6.07, 6.45) is 2.22. The van der Waals surface area contributed by atoms with Crippen LogP contribution in [0, 0.1) is 5.92 Å². The van der Waals surface area contributed by atoms with Gasteiger partial charge in [0.1, 0.15) is 0 Å². The molecule has 1 aliphatic heterocycles. The molecule has 1 amide bonds. The third-order valence-corrected chi connectivity index (χ3v) is 5.04. The second-order valence-corrected chi connectivity index (χ2v) is 7.04. The topological polar surface area (TPSA) is 101 Å². The molecule has 2 heterocycles. The SMILES string of the molecule is CC1CCCN(C(=O)CSc2nnnn2-c2ccc(C(=O)O)cc2)C1. The number of benzene rings is 1. The molecule has 3 rings (SSSR count). The van der Waals surface area contributed by atoms with Crippen molar-refractivity contribution in [3.63, 3.8) is 0 Å². The molecule has 9 heteroatoms. The van der Waals surface area contributed by atoms with Gasteiger partial charge in [0.15, 0.2) is 0 Å². The molecule has 1 saturated heterocycles. The first-order chi connectivity index (χ1) is 12.0. The van der Waals surface area contributed by atoms with Gasteiger partial charge in [0.2, 0.25) is 11.1 Å². The lowest BCUT2D eigenvalue weighted by atomic mass is 10.0. The summed E-state index contributed by atoms with van der Waals surface area (Å²) < 4.78 is 1.50. The molecule has 8 nitrogen and oxygen atoms in total. The predicted molar refractivity (Wildman–Crippen MR) is 91.8 cm³/mol. The van der Waals surface area contributed by atoms with Gasteiger partial charge < -0.3 is 10.0 Å². The van der Waals surface area contributed by atoms with Gasteiger partial charge in [-0.25, -0.2) is 4.79 Å². The van der Waals surface area contributed by atoms with Gasteiger partial charge in [-0.15, -0.1) is 5.10 Å². The number of rotatable bonds is 5. The van der Waals surface area contributed by atoms with E-state index in [1.165, 1.54) is 35.0 Å². The van der Waals surface area contributed by atoms with E-state index in [2.05, 4.69) is 22.4 Å². The number of tetrazole rings is 1. The third-order valence-electron chi connectivity index (χ3n) is 4.13. The average Bonchev–Trinajstić information content (AvgIpc) is 3.08. The first-order valence-electron chi connectivity index (χ1n) is 8.07. The Morgan fingerprint density at radius 2 is 2.08 bits per heavy atom. The molecule has 1 aromatic carbocycles. The minimum Gasteiger partial charge on any atom is -0.478 e. The standard InChI is InChI=1S/C16H19N5O3S/c1-11-3-2-8-20(9-11)14(22)10-25-16-17-18-19-21(16)13-6-4-12(5-7-13)15(23)24/h4-7,11H,2-3,8-10H2,1H3,(H,23,24). The average molecular weight is 361 g/mol. The lowest BCUT2D eigenvalue weighted by Crippen LogP contribution is -2.40. The molecule has 2 aromatic rings. The number of likely N-dealkylation sites (tertiary alicyclic amines) is 1. The van der Waals surface area contributed by atoms with E-state index >= 15 is 0 Å². The molecule has 1 N–H and O–H groups in total. The molecule has 1 aromatic heterocycles. The summed E-state index contributed by atoms with van der Waals surface area (Å²) in [6, 6.07) is 6.26. The van der Waals surface area contributed by atoms with Gasteiger partial charge in [-0.3, -0.25) is 4.79 Å². The van der Waals surface area contributed by atoms with Crippen LogP contribution in [0.25, 0.3) is 5.69 Å². The molecular weight excluding hydrogens is 342 g/mol. The van der Waals surface area contributed by atoms with Crippen molar-refractivity contribution in [3.8, 4) is 5.69 Å². The summed E-state index contributed by atoms with van der Waals surface area (Å²) in [5.74, 6) is -0.0763. The van der Waals surface area contributed by atoms with Gasteiger partial charge in [0.05, 0.1) is 17.0 Å². The first kappa shape index (κ1) is 17.4. The number of nitrogens with zero attached hydrogens (tertiary/aromatic N) is 5. The summed E-state index contributed by atoms with van der Waals surface area (Å²) in [5.41, 5.74) is 0.844. The molecule has 25 heavy (non-hydrogen) atoms. The Morgan fingerprint density at radius 3 is 2.76 bits per heavy atom. The Bertz CT molecular complexity index is 761. The molecule has 132 valence electrons. The zero-order chi connectivity index (χ0) is 17.8. The van der Waals surface area contributed by atoms with Crippen LogP contribution >= 0.6 is 11.8 Å². The van der Waals surface area contributed by atoms with E-state index in [9.17, 15) is 9.59 Å². The van der Waals surface area contributed by atoms with E-state index in [1.54, 1.807) is 12.1 Å². The lowest BCUT2D eigenvalue weighted by Gasteiger charge is -2.30. The first-order valence-corrected chi connectivity index (χ1v) is 9.06. The molecule has 1 fully saturated rings. The van der Waals surface area contributed by atoms with E-state index in [0.717, 1.165) is 19.5 Å². The van der Waals surface area contributed by atoms with Crippen LogP contribution < -0.4 is 0 Å². The molecule has 1 unspecified atom stereocenters. The van der Waals surface area contributed by atoms with Gasteiger partial charge in [0.25, 0.3) is 0 Å². The Hall–Kier alpha value is -2.42. The van der Waals surface area contributed by atoms with Gasteiger partial charge >= 0.3 is 5.97 Å². The summed E-state index contributed by atoms with van der Waals surface area (Å²) in [6.45, 7) is 3.78. The number of aromatic nitrogens is 4. The largest absolute Gasteiger partial charge is 0.478 e. The number of carbonyl (C=O) groups excluding carboxylic acids is 1. The van der Waals surface area contributed by atoms with Gasteiger partial charge in [-0.05, 0) is 53.5 Å². The second kappa shape index (κ2) is 7.64. The van der Waals surface area contributed by atoms with Crippen molar-refractivity contribution in [2.45, 2.75) is 24.9 Å². The normalized spacial score (nSPS) is 17.5. The van der Waals surface area contributed by atoms with Crippen LogP contribution in [0.3, 0.4) is 0 Å². The highest BCUT2D eigenvalue weighted by atomic mass is 32.2. The zero-order valence-electron chi connectivity index (χ0n) is 13.8. The van der Waals surface area contributed by atoms with Crippen molar-refractivity contribution in [2.75, 3.05) is 18.8 Å². The number of carboxylic acids is 1. The van der Waals surface area contributed by atoms with E-state index in [-0.39, 0.29) is 17.2 Å². The maximum atomic E-state index is 12.4. The number of carboxylic acid groups (broad SMARTS) is 1. The highest BCUT2D eigenvalue weighted by molar-refractivity contribution is 7.99. The van der Waals surface area contributed by atoms with Crippen molar-refractivity contribution in [1.82, 2.24) is 25.1 Å². The summed E-state index contributed by atoms with van der Waals surface area (Å²) >= 11 is 1.28. The van der Waals surface area contributed by atoms with Gasteiger partial charge in [-0.2, -0.15) is 4.68 Å². The Balaban J connectivity index is 1.65. The summed E-state index contributed by atoms with van der Waals surface area (Å²) in [7, 11) is 0. The fraction of sp³-hybridized carbons (Fsp3) is 0.438. The molecule has 0 saturated carbocycles. The number of amides is 1. The Labute approximate surface area is 149 Å². The fourth-order valence-electron chi connectivity index (χ4n) is 2.81. The maximum Gasteiger partial charge on any atom is 0.335 e. The smallest absolute Gasteiger partial charge is 0.335 e. The fourth-order valence-corrected chi connectivity index (χ4v) is 3.60. The Morgan fingerprint density at radius 1 is 1.32 bits per heavy atom.